The zero-order chi connectivity index (χ0) is 19.6. The van der Waals surface area contributed by atoms with E-state index in [0.717, 1.165) is 11.3 Å². The van der Waals surface area contributed by atoms with Crippen molar-refractivity contribution < 1.29 is 9.53 Å². The number of esters is 1. The van der Waals surface area contributed by atoms with Crippen molar-refractivity contribution in [1.29, 1.82) is 0 Å². The lowest BCUT2D eigenvalue weighted by Crippen LogP contribution is -2.25. The molecule has 0 bridgehead atoms. The van der Waals surface area contributed by atoms with E-state index in [1.807, 2.05) is 42.5 Å². The van der Waals surface area contributed by atoms with Crippen LogP contribution in [0.3, 0.4) is 0 Å². The van der Waals surface area contributed by atoms with Crippen LogP contribution < -0.4 is 5.56 Å². The summed E-state index contributed by atoms with van der Waals surface area (Å²) in [5, 5.41) is 0.538. The van der Waals surface area contributed by atoms with Crippen LogP contribution in [0.2, 0.25) is 0 Å². The van der Waals surface area contributed by atoms with Crippen molar-refractivity contribution in [2.45, 2.75) is 37.1 Å². The number of benzene rings is 2. The van der Waals surface area contributed by atoms with Crippen LogP contribution in [0.4, 0.5) is 0 Å². The molecule has 0 saturated heterocycles. The van der Waals surface area contributed by atoms with Crippen molar-refractivity contribution in [3.8, 4) is 5.69 Å². The second kappa shape index (κ2) is 7.96. The summed E-state index contributed by atoms with van der Waals surface area (Å²) in [4.78, 5) is 30.0. The second-order valence-corrected chi connectivity index (χ2v) is 7.86. The highest BCUT2D eigenvalue weighted by molar-refractivity contribution is 8.00. The number of carbonyl (C=O) groups is 1. The van der Waals surface area contributed by atoms with Crippen LogP contribution >= 0.6 is 11.8 Å². The summed E-state index contributed by atoms with van der Waals surface area (Å²) in [6.07, 6.45) is 0. The Morgan fingerprint density at radius 1 is 1.07 bits per heavy atom. The summed E-state index contributed by atoms with van der Waals surface area (Å²) in [7, 11) is 1.36. The fourth-order valence-corrected chi connectivity index (χ4v) is 3.90. The molecule has 0 amide bonds. The standard InChI is InChI=1S/C21H22N2O3S/c1-13(2)15-9-6-8-12-18(15)23-19(24)16-10-5-7-11-17(16)22-21(23)27-14(3)20(25)26-4/h5-14H,1-4H3. The summed E-state index contributed by atoms with van der Waals surface area (Å²) < 4.78 is 6.45. The fourth-order valence-electron chi connectivity index (χ4n) is 2.96. The van der Waals surface area contributed by atoms with Crippen LogP contribution in [-0.4, -0.2) is 27.9 Å². The Labute approximate surface area is 162 Å². The van der Waals surface area contributed by atoms with Crippen molar-refractivity contribution in [2.24, 2.45) is 0 Å². The molecule has 0 aliphatic heterocycles. The number of fused-ring (bicyclic) bond motifs is 1. The van der Waals surface area contributed by atoms with Crippen LogP contribution in [0.1, 0.15) is 32.3 Å². The zero-order valence-electron chi connectivity index (χ0n) is 15.8. The van der Waals surface area contributed by atoms with Crippen LogP contribution in [-0.2, 0) is 9.53 Å². The van der Waals surface area contributed by atoms with Crippen molar-refractivity contribution >= 4 is 28.6 Å². The minimum absolute atomic E-state index is 0.145. The average Bonchev–Trinajstić information content (AvgIpc) is 2.67. The molecule has 27 heavy (non-hydrogen) atoms. The largest absolute Gasteiger partial charge is 0.468 e. The first kappa shape index (κ1) is 19.2. The lowest BCUT2D eigenvalue weighted by atomic mass is 10.0. The monoisotopic (exact) mass is 382 g/mol. The molecule has 3 aromatic rings. The van der Waals surface area contributed by atoms with E-state index in [-0.39, 0.29) is 17.4 Å². The second-order valence-electron chi connectivity index (χ2n) is 6.55. The highest BCUT2D eigenvalue weighted by Gasteiger charge is 2.22. The van der Waals surface area contributed by atoms with Gasteiger partial charge in [-0.25, -0.2) is 4.98 Å². The third kappa shape index (κ3) is 3.76. The van der Waals surface area contributed by atoms with Gasteiger partial charge in [0, 0.05) is 0 Å². The average molecular weight is 382 g/mol. The lowest BCUT2D eigenvalue weighted by Gasteiger charge is -2.19. The van der Waals surface area contributed by atoms with Gasteiger partial charge in [-0.1, -0.05) is 55.9 Å². The van der Waals surface area contributed by atoms with E-state index in [1.165, 1.54) is 18.9 Å². The summed E-state index contributed by atoms with van der Waals surface area (Å²) in [5.74, 6) is -0.124. The van der Waals surface area contributed by atoms with Crippen molar-refractivity contribution in [2.75, 3.05) is 7.11 Å². The van der Waals surface area contributed by atoms with E-state index in [4.69, 9.17) is 4.74 Å². The van der Waals surface area contributed by atoms with Gasteiger partial charge in [0.05, 0.1) is 23.7 Å². The van der Waals surface area contributed by atoms with Crippen LogP contribution in [0, 0.1) is 0 Å². The molecular weight excluding hydrogens is 360 g/mol. The molecule has 0 radical (unpaired) electrons. The van der Waals surface area contributed by atoms with Gasteiger partial charge in [0.1, 0.15) is 5.25 Å². The summed E-state index contributed by atoms with van der Waals surface area (Å²) >= 11 is 1.22. The number of methoxy groups -OCH3 is 1. The van der Waals surface area contributed by atoms with Gasteiger partial charge >= 0.3 is 5.97 Å². The van der Waals surface area contributed by atoms with Crippen LogP contribution in [0.5, 0.6) is 0 Å². The first-order valence-corrected chi connectivity index (χ1v) is 9.67. The molecule has 0 aliphatic rings. The van der Waals surface area contributed by atoms with Gasteiger partial charge in [-0.2, -0.15) is 0 Å². The quantitative estimate of drug-likeness (QED) is 0.377. The first-order valence-electron chi connectivity index (χ1n) is 8.79. The van der Waals surface area contributed by atoms with E-state index in [2.05, 4.69) is 18.8 Å². The maximum Gasteiger partial charge on any atom is 0.318 e. The molecule has 2 aromatic carbocycles. The number of rotatable bonds is 5. The summed E-state index contributed by atoms with van der Waals surface area (Å²) in [6, 6.07) is 15.1. The minimum Gasteiger partial charge on any atom is -0.468 e. The number of para-hydroxylation sites is 2. The number of hydrogen-bond acceptors (Lipinski definition) is 5. The Balaban J connectivity index is 2.30. The van der Waals surface area contributed by atoms with Crippen LogP contribution in [0.15, 0.2) is 58.5 Å². The maximum atomic E-state index is 13.3. The molecule has 6 heteroatoms. The van der Waals surface area contributed by atoms with Crippen molar-refractivity contribution in [3.05, 3.63) is 64.4 Å². The van der Waals surface area contributed by atoms with Gasteiger partial charge < -0.3 is 4.74 Å². The Morgan fingerprint density at radius 3 is 2.44 bits per heavy atom. The van der Waals surface area contributed by atoms with Gasteiger partial charge in [-0.05, 0) is 36.6 Å². The van der Waals surface area contributed by atoms with Gasteiger partial charge in [0.15, 0.2) is 5.16 Å². The molecule has 140 valence electrons. The molecule has 0 spiro atoms. The Hall–Kier alpha value is -2.60. The predicted octanol–water partition coefficient (Wildman–Crippen LogP) is 4.16. The van der Waals surface area contributed by atoms with Crippen molar-refractivity contribution in [3.63, 3.8) is 0 Å². The minimum atomic E-state index is -0.486. The van der Waals surface area contributed by atoms with Gasteiger partial charge in [-0.3, -0.25) is 14.2 Å². The summed E-state index contributed by atoms with van der Waals surface area (Å²) in [5.41, 5.74) is 2.30. The number of hydrogen-bond donors (Lipinski definition) is 0. The third-order valence-electron chi connectivity index (χ3n) is 4.36. The molecule has 5 nitrogen and oxygen atoms in total. The SMILES string of the molecule is COC(=O)C(C)Sc1nc2ccccc2c(=O)n1-c1ccccc1C(C)C. The van der Waals surface area contributed by atoms with Crippen LogP contribution in [0.25, 0.3) is 16.6 Å². The third-order valence-corrected chi connectivity index (χ3v) is 5.39. The number of thioether (sulfide) groups is 1. The van der Waals surface area contributed by atoms with Gasteiger partial charge in [0.2, 0.25) is 0 Å². The molecule has 0 aliphatic carbocycles. The molecule has 1 atom stereocenters. The molecule has 1 aromatic heterocycles. The molecule has 0 fully saturated rings. The van der Waals surface area contributed by atoms with E-state index in [9.17, 15) is 9.59 Å². The van der Waals surface area contributed by atoms with E-state index in [0.29, 0.717) is 16.1 Å². The number of nitrogens with zero attached hydrogens (tertiary/aromatic N) is 2. The molecular formula is C21H22N2O3S. The van der Waals surface area contributed by atoms with Gasteiger partial charge in [-0.15, -0.1) is 0 Å². The summed E-state index contributed by atoms with van der Waals surface area (Å²) in [6.45, 7) is 5.92. The number of carbonyl (C=O) groups excluding carboxylic acids is 1. The van der Waals surface area contributed by atoms with E-state index >= 15 is 0 Å². The molecule has 0 N–H and O–H groups in total. The molecule has 1 heterocycles. The molecule has 0 saturated carbocycles. The molecule has 3 rings (SSSR count). The Kier molecular flexibility index (Phi) is 5.65. The Bertz CT molecular complexity index is 1040. The van der Waals surface area contributed by atoms with E-state index < -0.39 is 5.25 Å². The fraction of sp³-hybridized carbons (Fsp3) is 0.286. The smallest absolute Gasteiger partial charge is 0.318 e. The first-order chi connectivity index (χ1) is 12.9. The lowest BCUT2D eigenvalue weighted by molar-refractivity contribution is -0.139. The number of ether oxygens (including phenoxy) is 1. The predicted molar refractivity (Wildman–Crippen MR) is 109 cm³/mol. The normalized spacial score (nSPS) is 12.3. The topological polar surface area (TPSA) is 61.2 Å². The zero-order valence-corrected chi connectivity index (χ0v) is 16.6. The highest BCUT2D eigenvalue weighted by Crippen LogP contribution is 2.29. The maximum absolute atomic E-state index is 13.3. The van der Waals surface area contributed by atoms with Gasteiger partial charge in [0.25, 0.3) is 5.56 Å². The highest BCUT2D eigenvalue weighted by atomic mass is 32.2. The van der Waals surface area contributed by atoms with Crippen molar-refractivity contribution in [1.82, 2.24) is 9.55 Å². The molecule has 1 unspecified atom stereocenters. The number of aromatic nitrogens is 2. The Morgan fingerprint density at radius 2 is 1.74 bits per heavy atom. The van der Waals surface area contributed by atoms with E-state index in [1.54, 1.807) is 17.6 Å².